The van der Waals surface area contributed by atoms with Crippen molar-refractivity contribution in [3.05, 3.63) is 28.2 Å². The number of halogens is 1. The number of hydrogen-bond acceptors (Lipinski definition) is 2. The molecule has 3 nitrogen and oxygen atoms in total. The van der Waals surface area contributed by atoms with Crippen molar-refractivity contribution in [2.24, 2.45) is 0 Å². The Balaban J connectivity index is 3.03. The third-order valence-corrected chi connectivity index (χ3v) is 1.30. The lowest BCUT2D eigenvalue weighted by molar-refractivity contribution is 0.415. The topological polar surface area (TPSA) is 34.9 Å². The van der Waals surface area contributed by atoms with Crippen molar-refractivity contribution < 1.29 is 4.39 Å². The van der Waals surface area contributed by atoms with Crippen LogP contribution in [0.25, 0.3) is 0 Å². The van der Waals surface area contributed by atoms with Gasteiger partial charge in [-0.05, 0) is 13.0 Å². The lowest BCUT2D eigenvalue weighted by Crippen LogP contribution is -2.23. The maximum atomic E-state index is 11.8. The molecule has 1 heterocycles. The van der Waals surface area contributed by atoms with Crippen LogP contribution < -0.4 is 5.56 Å². The fraction of sp³-hybridized carbons (Fsp3) is 0.429. The summed E-state index contributed by atoms with van der Waals surface area (Å²) in [5.74, 6) is 0. The van der Waals surface area contributed by atoms with Crippen LogP contribution in [-0.4, -0.2) is 16.5 Å². The highest BCUT2D eigenvalue weighted by Crippen LogP contribution is 1.85. The van der Waals surface area contributed by atoms with E-state index in [0.717, 1.165) is 10.4 Å². The van der Waals surface area contributed by atoms with Gasteiger partial charge in [0.25, 0.3) is 5.56 Å². The smallest absolute Gasteiger partial charge is 0.266 e. The highest BCUT2D eigenvalue weighted by molar-refractivity contribution is 4.96. The zero-order valence-corrected chi connectivity index (χ0v) is 6.25. The molecule has 0 radical (unpaired) electrons. The molecular weight excluding hydrogens is 147 g/mol. The first kappa shape index (κ1) is 7.91. The van der Waals surface area contributed by atoms with Gasteiger partial charge < -0.3 is 0 Å². The molecular formula is C7H9FN2O. The van der Waals surface area contributed by atoms with Gasteiger partial charge in [0, 0.05) is 6.07 Å². The SMILES string of the molecule is Cc1ccc(=O)n(CCF)n1. The molecule has 0 fully saturated rings. The van der Waals surface area contributed by atoms with Gasteiger partial charge in [-0.3, -0.25) is 4.79 Å². The lowest BCUT2D eigenvalue weighted by atomic mass is 10.4. The summed E-state index contributed by atoms with van der Waals surface area (Å²) in [5, 5.41) is 3.83. The molecule has 1 rings (SSSR count). The molecule has 4 heteroatoms. The molecule has 0 bridgehead atoms. The second kappa shape index (κ2) is 3.27. The number of alkyl halides is 1. The maximum absolute atomic E-state index is 11.8. The Bertz CT molecular complexity index is 295. The second-order valence-electron chi connectivity index (χ2n) is 2.23. The number of nitrogens with zero attached hydrogens (tertiary/aromatic N) is 2. The molecule has 1 aromatic heterocycles. The van der Waals surface area contributed by atoms with Gasteiger partial charge in [-0.2, -0.15) is 5.10 Å². The minimum atomic E-state index is -0.559. The summed E-state index contributed by atoms with van der Waals surface area (Å²) in [6.45, 7) is 1.24. The summed E-state index contributed by atoms with van der Waals surface area (Å²) in [6, 6.07) is 3.00. The van der Waals surface area contributed by atoms with Gasteiger partial charge in [0.05, 0.1) is 12.2 Å². The zero-order chi connectivity index (χ0) is 8.27. The first-order valence-corrected chi connectivity index (χ1v) is 3.35. The molecule has 0 spiro atoms. The number of aromatic nitrogens is 2. The van der Waals surface area contributed by atoms with Crippen LogP contribution in [-0.2, 0) is 6.54 Å². The van der Waals surface area contributed by atoms with E-state index in [1.54, 1.807) is 13.0 Å². The van der Waals surface area contributed by atoms with Gasteiger partial charge in [0.15, 0.2) is 0 Å². The first-order valence-electron chi connectivity index (χ1n) is 3.35. The highest BCUT2D eigenvalue weighted by Gasteiger charge is 1.95. The molecule has 0 amide bonds. The second-order valence-corrected chi connectivity index (χ2v) is 2.23. The van der Waals surface area contributed by atoms with Crippen LogP contribution in [0, 0.1) is 6.92 Å². The molecule has 0 N–H and O–H groups in total. The minimum Gasteiger partial charge on any atom is -0.268 e. The van der Waals surface area contributed by atoms with Crippen molar-refractivity contribution in [3.63, 3.8) is 0 Å². The first-order chi connectivity index (χ1) is 5.24. The monoisotopic (exact) mass is 156 g/mol. The average Bonchev–Trinajstić information content (AvgIpc) is 1.98. The summed E-state index contributed by atoms with van der Waals surface area (Å²) in [6.07, 6.45) is 0. The maximum Gasteiger partial charge on any atom is 0.266 e. The molecule has 0 aliphatic carbocycles. The molecule has 0 unspecified atom stereocenters. The van der Waals surface area contributed by atoms with Crippen LogP contribution in [0.3, 0.4) is 0 Å². The molecule has 11 heavy (non-hydrogen) atoms. The normalized spacial score (nSPS) is 10.0. The number of rotatable bonds is 2. The van der Waals surface area contributed by atoms with E-state index >= 15 is 0 Å². The third-order valence-electron chi connectivity index (χ3n) is 1.30. The van der Waals surface area contributed by atoms with E-state index < -0.39 is 6.67 Å². The highest BCUT2D eigenvalue weighted by atomic mass is 19.1. The third kappa shape index (κ3) is 1.86. The molecule has 0 saturated carbocycles. The van der Waals surface area contributed by atoms with Gasteiger partial charge in [0.2, 0.25) is 0 Å². The van der Waals surface area contributed by atoms with E-state index in [1.807, 2.05) is 0 Å². The fourth-order valence-corrected chi connectivity index (χ4v) is 0.791. The van der Waals surface area contributed by atoms with E-state index in [9.17, 15) is 9.18 Å². The number of aryl methyl sites for hydroxylation is 2. The Hall–Kier alpha value is -1.19. The predicted molar refractivity (Wildman–Crippen MR) is 39.2 cm³/mol. The van der Waals surface area contributed by atoms with Crippen molar-refractivity contribution in [2.75, 3.05) is 6.67 Å². The van der Waals surface area contributed by atoms with Crippen LogP contribution >= 0.6 is 0 Å². The van der Waals surface area contributed by atoms with Crippen LogP contribution in [0.2, 0.25) is 0 Å². The molecule has 0 aliphatic heterocycles. The van der Waals surface area contributed by atoms with E-state index in [1.165, 1.54) is 6.07 Å². The summed E-state index contributed by atoms with van der Waals surface area (Å²) < 4.78 is 12.9. The summed E-state index contributed by atoms with van der Waals surface area (Å²) in [4.78, 5) is 10.9. The van der Waals surface area contributed by atoms with Gasteiger partial charge in [0.1, 0.15) is 6.67 Å². The van der Waals surface area contributed by atoms with Gasteiger partial charge in [-0.1, -0.05) is 0 Å². The molecule has 0 atom stereocenters. The Morgan fingerprint density at radius 3 is 3.00 bits per heavy atom. The van der Waals surface area contributed by atoms with Crippen LogP contribution in [0.5, 0.6) is 0 Å². The molecule has 0 saturated heterocycles. The van der Waals surface area contributed by atoms with Gasteiger partial charge in [-0.25, -0.2) is 9.07 Å². The molecule has 0 aliphatic rings. The fourth-order valence-electron chi connectivity index (χ4n) is 0.791. The van der Waals surface area contributed by atoms with Gasteiger partial charge in [-0.15, -0.1) is 0 Å². The van der Waals surface area contributed by atoms with Crippen LogP contribution in [0.1, 0.15) is 5.69 Å². The van der Waals surface area contributed by atoms with Crippen LogP contribution in [0.4, 0.5) is 4.39 Å². The van der Waals surface area contributed by atoms with Crippen molar-refractivity contribution in [1.29, 1.82) is 0 Å². The minimum absolute atomic E-state index is 0.0422. The molecule has 0 aromatic carbocycles. The van der Waals surface area contributed by atoms with Crippen molar-refractivity contribution >= 4 is 0 Å². The van der Waals surface area contributed by atoms with E-state index in [0.29, 0.717) is 0 Å². The van der Waals surface area contributed by atoms with E-state index in [-0.39, 0.29) is 12.1 Å². The van der Waals surface area contributed by atoms with Crippen molar-refractivity contribution in [2.45, 2.75) is 13.5 Å². The van der Waals surface area contributed by atoms with Crippen molar-refractivity contribution in [3.8, 4) is 0 Å². The number of hydrogen-bond donors (Lipinski definition) is 0. The van der Waals surface area contributed by atoms with E-state index in [4.69, 9.17) is 0 Å². The summed E-state index contributed by atoms with van der Waals surface area (Å²) in [5.41, 5.74) is 0.464. The molecule has 1 aromatic rings. The standard InChI is InChI=1S/C7H9FN2O/c1-6-2-3-7(11)10(9-6)5-4-8/h2-3H,4-5H2,1H3. The van der Waals surface area contributed by atoms with E-state index in [2.05, 4.69) is 5.10 Å². The Kier molecular flexibility index (Phi) is 2.36. The lowest BCUT2D eigenvalue weighted by Gasteiger charge is -1.99. The summed E-state index contributed by atoms with van der Waals surface area (Å²) in [7, 11) is 0. The van der Waals surface area contributed by atoms with Gasteiger partial charge >= 0.3 is 0 Å². The zero-order valence-electron chi connectivity index (χ0n) is 6.25. The quantitative estimate of drug-likeness (QED) is 0.625. The average molecular weight is 156 g/mol. The predicted octanol–water partition coefficient (Wildman–Crippen LogP) is 0.521. The summed E-state index contributed by atoms with van der Waals surface area (Å²) >= 11 is 0. The molecule has 60 valence electrons. The Labute approximate surface area is 63.5 Å². The largest absolute Gasteiger partial charge is 0.268 e. The Morgan fingerprint density at radius 1 is 1.64 bits per heavy atom. The van der Waals surface area contributed by atoms with Crippen LogP contribution in [0.15, 0.2) is 16.9 Å². The van der Waals surface area contributed by atoms with Crippen molar-refractivity contribution in [1.82, 2.24) is 9.78 Å². The Morgan fingerprint density at radius 2 is 2.36 bits per heavy atom.